The maximum absolute atomic E-state index is 5.35. The summed E-state index contributed by atoms with van der Waals surface area (Å²) >= 11 is 0. The van der Waals surface area contributed by atoms with Crippen LogP contribution < -0.4 is 0 Å². The van der Waals surface area contributed by atoms with E-state index in [0.29, 0.717) is 0 Å². The minimum atomic E-state index is 0.900. The number of hydrogen-bond donors (Lipinski definition) is 0. The van der Waals surface area contributed by atoms with Crippen LogP contribution in [0.5, 0.6) is 0 Å². The van der Waals surface area contributed by atoms with Gasteiger partial charge >= 0.3 is 0 Å². The van der Waals surface area contributed by atoms with Crippen LogP contribution in [0, 0.1) is 0 Å². The normalized spacial score (nSPS) is 12.3. The third kappa shape index (κ3) is 2.76. The molecule has 10 rings (SSSR count). The number of fused-ring (bicyclic) bond motifs is 11. The van der Waals surface area contributed by atoms with Gasteiger partial charge in [0.1, 0.15) is 5.52 Å². The lowest BCUT2D eigenvalue weighted by atomic mass is 10.0. The SMILES string of the molecule is c1ccc(-c2ccc3nc4c5cccc6c7ccc8c(c9ccccc9n8-c8ccccc8)c7n(c4nc3c2)c65)cc1. The smallest absolute Gasteiger partial charge is 0.165 e. The Morgan fingerprint density at radius 1 is 0.452 bits per heavy atom. The van der Waals surface area contributed by atoms with Crippen molar-refractivity contribution in [2.24, 2.45) is 0 Å². The van der Waals surface area contributed by atoms with Gasteiger partial charge in [-0.25, -0.2) is 9.97 Å². The molecule has 4 nitrogen and oxygen atoms in total. The van der Waals surface area contributed by atoms with Crippen molar-refractivity contribution in [1.82, 2.24) is 18.9 Å². The van der Waals surface area contributed by atoms with Crippen molar-refractivity contribution in [3.05, 3.63) is 133 Å². The summed E-state index contributed by atoms with van der Waals surface area (Å²) in [7, 11) is 0. The van der Waals surface area contributed by atoms with E-state index in [4.69, 9.17) is 9.97 Å². The van der Waals surface area contributed by atoms with Gasteiger partial charge in [-0.05, 0) is 47.5 Å². The van der Waals surface area contributed by atoms with Crippen LogP contribution in [0.25, 0.3) is 88.0 Å². The van der Waals surface area contributed by atoms with E-state index in [1.807, 2.05) is 6.07 Å². The van der Waals surface area contributed by atoms with E-state index in [9.17, 15) is 0 Å². The molecule has 0 amide bonds. The molecule has 6 aromatic carbocycles. The predicted octanol–water partition coefficient (Wildman–Crippen LogP) is 9.54. The lowest BCUT2D eigenvalue weighted by Crippen LogP contribution is -1.93. The van der Waals surface area contributed by atoms with Gasteiger partial charge in [0.15, 0.2) is 5.65 Å². The summed E-state index contributed by atoms with van der Waals surface area (Å²) in [6, 6.07) is 47.4. The number of rotatable bonds is 2. The van der Waals surface area contributed by atoms with Gasteiger partial charge in [-0.1, -0.05) is 97.1 Å². The van der Waals surface area contributed by atoms with Crippen molar-refractivity contribution in [2.75, 3.05) is 0 Å². The van der Waals surface area contributed by atoms with Crippen LogP contribution in [0.4, 0.5) is 0 Å². The minimum absolute atomic E-state index is 0.900. The maximum atomic E-state index is 5.35. The number of hydrogen-bond acceptors (Lipinski definition) is 2. The highest BCUT2D eigenvalue weighted by Gasteiger charge is 2.24. The number of para-hydroxylation sites is 3. The van der Waals surface area contributed by atoms with Crippen LogP contribution in [0.3, 0.4) is 0 Å². The molecule has 0 N–H and O–H groups in total. The molecule has 4 heterocycles. The quantitative estimate of drug-likeness (QED) is 0.221. The Kier molecular flexibility index (Phi) is 4.15. The Labute approximate surface area is 240 Å². The maximum Gasteiger partial charge on any atom is 0.165 e. The minimum Gasteiger partial charge on any atom is -0.309 e. The molecule has 4 aromatic heterocycles. The standard InChI is InChI=1S/C38H22N4/c1-3-10-23(11-4-1)24-18-20-30-31(22-24)40-38-35(39-30)29-16-9-15-26-27-19-21-33-34(37(27)42(38)36(26)29)28-14-7-8-17-32(28)41(33)25-12-5-2-6-13-25/h1-22H. The second kappa shape index (κ2) is 7.93. The molecule has 4 heteroatoms. The van der Waals surface area contributed by atoms with Crippen molar-refractivity contribution in [3.8, 4) is 16.8 Å². The summed E-state index contributed by atoms with van der Waals surface area (Å²) in [6.07, 6.45) is 0. The van der Waals surface area contributed by atoms with Crippen LogP contribution in [0.1, 0.15) is 0 Å². The van der Waals surface area contributed by atoms with Crippen LogP contribution in [-0.2, 0) is 0 Å². The Bertz CT molecular complexity index is 2660. The molecule has 0 atom stereocenters. The van der Waals surface area contributed by atoms with Crippen molar-refractivity contribution < 1.29 is 0 Å². The van der Waals surface area contributed by atoms with Crippen molar-refractivity contribution >= 4 is 71.2 Å². The molecular formula is C38H22N4. The molecule has 194 valence electrons. The molecule has 0 radical (unpaired) electrons. The molecule has 0 bridgehead atoms. The third-order valence-corrected chi connectivity index (χ3v) is 8.82. The highest BCUT2D eigenvalue weighted by atomic mass is 15.0. The van der Waals surface area contributed by atoms with Crippen LogP contribution in [0.2, 0.25) is 0 Å². The van der Waals surface area contributed by atoms with Gasteiger partial charge in [0.05, 0.1) is 33.1 Å². The van der Waals surface area contributed by atoms with E-state index in [0.717, 1.165) is 38.8 Å². The summed E-state index contributed by atoms with van der Waals surface area (Å²) in [6.45, 7) is 0. The van der Waals surface area contributed by atoms with E-state index in [2.05, 4.69) is 136 Å². The van der Waals surface area contributed by atoms with Crippen LogP contribution >= 0.6 is 0 Å². The lowest BCUT2D eigenvalue weighted by molar-refractivity contribution is 1.18. The summed E-state index contributed by atoms with van der Waals surface area (Å²) in [5.74, 6) is 0. The van der Waals surface area contributed by atoms with Crippen LogP contribution in [-0.4, -0.2) is 18.9 Å². The predicted molar refractivity (Wildman–Crippen MR) is 174 cm³/mol. The van der Waals surface area contributed by atoms with E-state index < -0.39 is 0 Å². The van der Waals surface area contributed by atoms with E-state index in [1.165, 1.54) is 49.2 Å². The first-order chi connectivity index (χ1) is 20.8. The van der Waals surface area contributed by atoms with Crippen molar-refractivity contribution in [3.63, 3.8) is 0 Å². The van der Waals surface area contributed by atoms with Gasteiger partial charge in [-0.15, -0.1) is 0 Å². The summed E-state index contributed by atoms with van der Waals surface area (Å²) < 4.78 is 4.76. The highest BCUT2D eigenvalue weighted by Crippen LogP contribution is 2.44. The third-order valence-electron chi connectivity index (χ3n) is 8.82. The first-order valence-electron chi connectivity index (χ1n) is 14.3. The van der Waals surface area contributed by atoms with Gasteiger partial charge in [0.2, 0.25) is 0 Å². The van der Waals surface area contributed by atoms with Crippen molar-refractivity contribution in [1.29, 1.82) is 0 Å². The molecule has 0 unspecified atom stereocenters. The monoisotopic (exact) mass is 534 g/mol. The Morgan fingerprint density at radius 2 is 1.19 bits per heavy atom. The Balaban J connectivity index is 1.41. The summed E-state index contributed by atoms with van der Waals surface area (Å²) in [5.41, 5.74) is 11.9. The first-order valence-corrected chi connectivity index (χ1v) is 14.3. The zero-order valence-corrected chi connectivity index (χ0v) is 22.5. The average molecular weight is 535 g/mol. The lowest BCUT2D eigenvalue weighted by Gasteiger charge is -2.07. The molecule has 0 aliphatic carbocycles. The molecule has 0 saturated carbocycles. The molecule has 42 heavy (non-hydrogen) atoms. The highest BCUT2D eigenvalue weighted by molar-refractivity contribution is 6.30. The molecular weight excluding hydrogens is 512 g/mol. The van der Waals surface area contributed by atoms with E-state index >= 15 is 0 Å². The van der Waals surface area contributed by atoms with Crippen molar-refractivity contribution in [2.45, 2.75) is 0 Å². The Morgan fingerprint density at radius 3 is 2.07 bits per heavy atom. The number of aromatic nitrogens is 4. The van der Waals surface area contributed by atoms with E-state index in [-0.39, 0.29) is 0 Å². The zero-order valence-electron chi connectivity index (χ0n) is 22.5. The largest absolute Gasteiger partial charge is 0.309 e. The molecule has 0 aliphatic heterocycles. The second-order valence-corrected chi connectivity index (χ2v) is 11.0. The van der Waals surface area contributed by atoms with Gasteiger partial charge in [-0.3, -0.25) is 4.40 Å². The molecule has 0 aliphatic rings. The fourth-order valence-corrected chi connectivity index (χ4v) is 7.06. The molecule has 0 fully saturated rings. The first kappa shape index (κ1) is 22.0. The molecule has 0 spiro atoms. The fourth-order valence-electron chi connectivity index (χ4n) is 7.06. The van der Waals surface area contributed by atoms with Crippen LogP contribution in [0.15, 0.2) is 133 Å². The zero-order chi connectivity index (χ0) is 27.4. The second-order valence-electron chi connectivity index (χ2n) is 11.0. The molecule has 0 saturated heterocycles. The number of benzene rings is 6. The summed E-state index contributed by atoms with van der Waals surface area (Å²) in [4.78, 5) is 10.6. The number of nitrogens with zero attached hydrogens (tertiary/aromatic N) is 4. The van der Waals surface area contributed by atoms with E-state index in [1.54, 1.807) is 0 Å². The van der Waals surface area contributed by atoms with Gasteiger partial charge in [-0.2, -0.15) is 0 Å². The topological polar surface area (TPSA) is 35.1 Å². The van der Waals surface area contributed by atoms with Gasteiger partial charge < -0.3 is 4.57 Å². The average Bonchev–Trinajstić information content (AvgIpc) is 3.69. The summed E-state index contributed by atoms with van der Waals surface area (Å²) in [5, 5.41) is 6.08. The van der Waals surface area contributed by atoms with Gasteiger partial charge in [0.25, 0.3) is 0 Å². The Hall–Kier alpha value is -5.74. The van der Waals surface area contributed by atoms with Gasteiger partial charge in [0, 0.05) is 32.6 Å². The fraction of sp³-hybridized carbons (Fsp3) is 0. The molecule has 10 aromatic rings.